The van der Waals surface area contributed by atoms with E-state index in [-0.39, 0.29) is 16.9 Å². The summed E-state index contributed by atoms with van der Waals surface area (Å²) in [6, 6.07) is 13.2. The smallest absolute Gasteiger partial charge is 0.272 e. The predicted octanol–water partition coefficient (Wildman–Crippen LogP) is 4.24. The number of aldehydes is 1. The Balaban J connectivity index is 1.59. The minimum atomic E-state index is -0.940. The normalized spacial score (nSPS) is 11.6. The molecule has 194 valence electrons. The fraction of sp³-hybridized carbons (Fsp3) is 0.148. The van der Waals surface area contributed by atoms with Gasteiger partial charge in [-0.15, -0.1) is 11.3 Å². The van der Waals surface area contributed by atoms with Crippen molar-refractivity contribution in [1.29, 1.82) is 0 Å². The van der Waals surface area contributed by atoms with Crippen molar-refractivity contribution in [3.8, 4) is 16.1 Å². The van der Waals surface area contributed by atoms with Crippen LogP contribution in [-0.4, -0.2) is 46.9 Å². The van der Waals surface area contributed by atoms with E-state index in [9.17, 15) is 23.6 Å². The number of hydrogen-bond acceptors (Lipinski definition) is 6. The molecule has 1 unspecified atom stereocenters. The van der Waals surface area contributed by atoms with Gasteiger partial charge in [-0.2, -0.15) is 9.78 Å². The summed E-state index contributed by atoms with van der Waals surface area (Å²) in [5, 5.41) is 6.80. The molecule has 0 saturated heterocycles. The number of amides is 2. The van der Waals surface area contributed by atoms with Crippen molar-refractivity contribution in [2.75, 3.05) is 14.1 Å². The van der Waals surface area contributed by atoms with Crippen molar-refractivity contribution in [1.82, 2.24) is 20.0 Å². The molecule has 0 aliphatic heterocycles. The number of halogens is 2. The molecule has 0 spiro atoms. The number of nitrogens with zero attached hydrogens (tertiary/aromatic N) is 3. The highest BCUT2D eigenvalue weighted by atomic mass is 32.1. The number of hydrogen-bond donors (Lipinski definition) is 1. The van der Waals surface area contributed by atoms with Crippen LogP contribution in [0.15, 0.2) is 65.5 Å². The highest BCUT2D eigenvalue weighted by Gasteiger charge is 2.21. The number of rotatable bonds is 7. The van der Waals surface area contributed by atoms with Gasteiger partial charge >= 0.3 is 0 Å². The molecule has 0 bridgehead atoms. The number of aromatic nitrogens is 2. The monoisotopic (exact) mass is 536 g/mol. The summed E-state index contributed by atoms with van der Waals surface area (Å²) in [5.74, 6) is -2.63. The van der Waals surface area contributed by atoms with E-state index in [2.05, 4.69) is 10.4 Å². The van der Waals surface area contributed by atoms with Gasteiger partial charge in [-0.25, -0.2) is 8.78 Å². The molecule has 38 heavy (non-hydrogen) atoms. The topological polar surface area (TPSA) is 101 Å². The van der Waals surface area contributed by atoms with Crippen LogP contribution in [0, 0.1) is 11.6 Å². The van der Waals surface area contributed by atoms with E-state index in [0.717, 1.165) is 15.6 Å². The second kappa shape index (κ2) is 10.9. The lowest BCUT2D eigenvalue weighted by molar-refractivity contribution is 0.0822. The Morgan fingerprint density at radius 2 is 1.84 bits per heavy atom. The molecule has 0 radical (unpaired) electrons. The van der Waals surface area contributed by atoms with Crippen LogP contribution >= 0.6 is 11.3 Å². The number of carbonyl (C=O) groups is 3. The first-order valence-corrected chi connectivity index (χ1v) is 12.2. The van der Waals surface area contributed by atoms with Crippen LogP contribution in [0.25, 0.3) is 16.1 Å². The first-order chi connectivity index (χ1) is 18.1. The van der Waals surface area contributed by atoms with Gasteiger partial charge in [0.15, 0.2) is 12.1 Å². The van der Waals surface area contributed by atoms with Crippen molar-refractivity contribution < 1.29 is 23.2 Å². The van der Waals surface area contributed by atoms with Gasteiger partial charge in [-0.05, 0) is 55.5 Å². The van der Waals surface area contributed by atoms with E-state index in [4.69, 9.17) is 0 Å². The molecule has 2 aromatic heterocycles. The van der Waals surface area contributed by atoms with Crippen LogP contribution in [0.1, 0.15) is 49.0 Å². The number of nitrogens with one attached hydrogen (secondary N) is 1. The Kier molecular flexibility index (Phi) is 7.58. The molecule has 0 aliphatic carbocycles. The zero-order chi connectivity index (χ0) is 27.6. The van der Waals surface area contributed by atoms with Crippen LogP contribution < -0.4 is 10.9 Å². The van der Waals surface area contributed by atoms with Gasteiger partial charge in [0, 0.05) is 41.0 Å². The molecule has 2 aromatic carbocycles. The first kappa shape index (κ1) is 26.6. The number of thiophene rings is 1. The van der Waals surface area contributed by atoms with Crippen molar-refractivity contribution in [3.05, 3.63) is 104 Å². The summed E-state index contributed by atoms with van der Waals surface area (Å²) in [5.41, 5.74) is -0.562. The summed E-state index contributed by atoms with van der Waals surface area (Å²) in [6.07, 6.45) is 0.648. The molecule has 4 rings (SSSR count). The highest BCUT2D eigenvalue weighted by molar-refractivity contribution is 7.15. The van der Waals surface area contributed by atoms with Crippen LogP contribution in [0.4, 0.5) is 8.78 Å². The van der Waals surface area contributed by atoms with E-state index < -0.39 is 35.0 Å². The van der Waals surface area contributed by atoms with Crippen molar-refractivity contribution in [3.63, 3.8) is 0 Å². The average molecular weight is 537 g/mol. The van der Waals surface area contributed by atoms with E-state index in [1.807, 2.05) is 0 Å². The van der Waals surface area contributed by atoms with Crippen molar-refractivity contribution >= 4 is 29.4 Å². The molecular formula is C27H22F2N4O4S. The maximum Gasteiger partial charge on any atom is 0.272 e. The highest BCUT2D eigenvalue weighted by Crippen LogP contribution is 2.33. The number of benzene rings is 2. The van der Waals surface area contributed by atoms with E-state index >= 15 is 4.39 Å². The Labute approximate surface area is 220 Å². The molecule has 1 N–H and O–H groups in total. The minimum Gasteiger partial charge on any atom is -0.345 e. The van der Waals surface area contributed by atoms with Crippen LogP contribution in [0.5, 0.6) is 0 Å². The summed E-state index contributed by atoms with van der Waals surface area (Å²) < 4.78 is 29.6. The first-order valence-electron chi connectivity index (χ1n) is 11.4. The number of carbonyl (C=O) groups excluding carboxylic acids is 3. The largest absolute Gasteiger partial charge is 0.345 e. The summed E-state index contributed by atoms with van der Waals surface area (Å²) >= 11 is 1.28. The van der Waals surface area contributed by atoms with Gasteiger partial charge in [-0.3, -0.25) is 19.2 Å². The van der Waals surface area contributed by atoms with E-state index in [1.54, 1.807) is 19.1 Å². The third-order valence-corrected chi connectivity index (χ3v) is 6.99. The zero-order valence-electron chi connectivity index (χ0n) is 20.6. The lowest BCUT2D eigenvalue weighted by Crippen LogP contribution is -2.31. The molecule has 0 saturated carbocycles. The SMILES string of the molecule is CC(NC(=O)c1ccc(=O)n(-c2cccc(C(=O)N(C)C)c2F)n1)c1ccc(-c2cc(F)ccc2C=O)s1. The van der Waals surface area contributed by atoms with Crippen molar-refractivity contribution in [2.45, 2.75) is 13.0 Å². The lowest BCUT2D eigenvalue weighted by Gasteiger charge is -2.14. The van der Waals surface area contributed by atoms with E-state index in [0.29, 0.717) is 22.3 Å². The van der Waals surface area contributed by atoms with Crippen LogP contribution in [0.3, 0.4) is 0 Å². The third-order valence-electron chi connectivity index (χ3n) is 5.68. The Morgan fingerprint density at radius 3 is 2.55 bits per heavy atom. The average Bonchev–Trinajstić information content (AvgIpc) is 3.39. The maximum absolute atomic E-state index is 15.1. The molecule has 0 fully saturated rings. The van der Waals surface area contributed by atoms with Gasteiger partial charge in [0.25, 0.3) is 17.4 Å². The standard InChI is InChI=1S/C27H22F2N4O4S/c1-15(22-10-11-23(38-22)19-13-17(28)8-7-16(19)14-34)30-26(36)20-9-12-24(35)33(31-20)21-6-4-5-18(25(21)29)27(37)32(2)3/h4-15H,1-3H3,(H,30,36). The second-order valence-corrected chi connectivity index (χ2v) is 9.67. The molecule has 1 atom stereocenters. The second-order valence-electron chi connectivity index (χ2n) is 8.55. The van der Waals surface area contributed by atoms with Gasteiger partial charge in [0.2, 0.25) is 0 Å². The van der Waals surface area contributed by atoms with Crippen LogP contribution in [-0.2, 0) is 0 Å². The zero-order valence-corrected chi connectivity index (χ0v) is 21.4. The Bertz CT molecular complexity index is 1610. The summed E-state index contributed by atoms with van der Waals surface area (Å²) in [7, 11) is 2.95. The molecule has 2 heterocycles. The van der Waals surface area contributed by atoms with E-state index in [1.165, 1.54) is 72.8 Å². The maximum atomic E-state index is 15.1. The van der Waals surface area contributed by atoms with Crippen LogP contribution in [0.2, 0.25) is 0 Å². The molecule has 8 nitrogen and oxygen atoms in total. The predicted molar refractivity (Wildman–Crippen MR) is 139 cm³/mol. The van der Waals surface area contributed by atoms with Crippen molar-refractivity contribution in [2.24, 2.45) is 0 Å². The lowest BCUT2D eigenvalue weighted by atomic mass is 10.1. The summed E-state index contributed by atoms with van der Waals surface area (Å²) in [6.45, 7) is 1.73. The fourth-order valence-electron chi connectivity index (χ4n) is 3.71. The summed E-state index contributed by atoms with van der Waals surface area (Å²) in [4.78, 5) is 51.7. The Morgan fingerprint density at radius 1 is 1.08 bits per heavy atom. The molecule has 11 heteroatoms. The fourth-order valence-corrected chi connectivity index (χ4v) is 4.76. The van der Waals surface area contributed by atoms with Gasteiger partial charge in [0.1, 0.15) is 17.2 Å². The minimum absolute atomic E-state index is 0.148. The third kappa shape index (κ3) is 5.28. The molecule has 2 amide bonds. The quantitative estimate of drug-likeness (QED) is 0.356. The Hall–Kier alpha value is -4.51. The molecular weight excluding hydrogens is 514 g/mol. The van der Waals surface area contributed by atoms with Gasteiger partial charge in [0.05, 0.1) is 11.6 Å². The molecule has 4 aromatic rings. The molecule has 0 aliphatic rings. The van der Waals surface area contributed by atoms with Gasteiger partial charge < -0.3 is 10.2 Å². The van der Waals surface area contributed by atoms with Gasteiger partial charge in [-0.1, -0.05) is 6.07 Å².